The van der Waals surface area contributed by atoms with Gasteiger partial charge in [0.25, 0.3) is 0 Å². The predicted molar refractivity (Wildman–Crippen MR) is 91.0 cm³/mol. The van der Waals surface area contributed by atoms with E-state index in [9.17, 15) is 9.18 Å². The van der Waals surface area contributed by atoms with Gasteiger partial charge in [-0.15, -0.1) is 0 Å². The van der Waals surface area contributed by atoms with Crippen molar-refractivity contribution in [1.29, 1.82) is 0 Å². The van der Waals surface area contributed by atoms with Gasteiger partial charge in [0, 0.05) is 32.7 Å². The van der Waals surface area contributed by atoms with Crippen molar-refractivity contribution < 1.29 is 18.4 Å². The Bertz CT molecular complexity index is 713. The van der Waals surface area contributed by atoms with E-state index in [2.05, 4.69) is 20.4 Å². The third-order valence-corrected chi connectivity index (χ3v) is 4.04. The zero-order chi connectivity index (χ0) is 18.4. The van der Waals surface area contributed by atoms with Crippen LogP contribution in [-0.2, 0) is 13.2 Å². The van der Waals surface area contributed by atoms with Crippen molar-refractivity contribution in [2.75, 3.05) is 32.7 Å². The van der Waals surface area contributed by atoms with Crippen LogP contribution in [0.4, 0.5) is 9.18 Å². The molecule has 0 spiro atoms. The zero-order valence-corrected chi connectivity index (χ0v) is 14.7. The largest absolute Gasteiger partial charge is 0.485 e. The Kier molecular flexibility index (Phi) is 6.00. The van der Waals surface area contributed by atoms with Crippen molar-refractivity contribution in [3.8, 4) is 5.75 Å². The van der Waals surface area contributed by atoms with Crippen LogP contribution in [0.3, 0.4) is 0 Å². The zero-order valence-electron chi connectivity index (χ0n) is 14.7. The molecule has 2 aromatic rings. The SMILES string of the molecule is CCNC(=O)N1CCN(Cc2nc(COc3ccc(F)cc3)no2)CC1. The first-order valence-corrected chi connectivity index (χ1v) is 8.59. The third-order valence-electron chi connectivity index (χ3n) is 4.04. The van der Waals surface area contributed by atoms with Crippen LogP contribution in [0.25, 0.3) is 0 Å². The number of hydrogen-bond donors (Lipinski definition) is 1. The molecule has 9 heteroatoms. The number of benzene rings is 1. The van der Waals surface area contributed by atoms with Gasteiger partial charge in [-0.3, -0.25) is 4.90 Å². The minimum atomic E-state index is -0.313. The van der Waals surface area contributed by atoms with Crippen molar-refractivity contribution >= 4 is 6.03 Å². The number of carbonyl (C=O) groups is 1. The first-order chi connectivity index (χ1) is 12.6. The number of nitrogens with zero attached hydrogens (tertiary/aromatic N) is 4. The molecule has 1 aromatic heterocycles. The summed E-state index contributed by atoms with van der Waals surface area (Å²) in [6.07, 6.45) is 0. The van der Waals surface area contributed by atoms with Crippen LogP contribution in [0, 0.1) is 5.82 Å². The number of amides is 2. The topological polar surface area (TPSA) is 83.7 Å². The Labute approximate surface area is 150 Å². The summed E-state index contributed by atoms with van der Waals surface area (Å²) < 4.78 is 23.6. The predicted octanol–water partition coefficient (Wildman–Crippen LogP) is 1.63. The normalized spacial score (nSPS) is 15.1. The molecule has 0 radical (unpaired) electrons. The van der Waals surface area contributed by atoms with Crippen LogP contribution in [-0.4, -0.2) is 58.7 Å². The molecule has 1 aromatic carbocycles. The Balaban J connectivity index is 1.44. The van der Waals surface area contributed by atoms with E-state index in [0.29, 0.717) is 43.6 Å². The van der Waals surface area contributed by atoms with E-state index >= 15 is 0 Å². The van der Waals surface area contributed by atoms with Gasteiger partial charge in [0.1, 0.15) is 11.6 Å². The number of carbonyl (C=O) groups excluding carboxylic acids is 1. The highest BCUT2D eigenvalue weighted by atomic mass is 19.1. The van der Waals surface area contributed by atoms with E-state index in [1.165, 1.54) is 12.1 Å². The van der Waals surface area contributed by atoms with Crippen LogP contribution in [0.2, 0.25) is 0 Å². The fraction of sp³-hybridized carbons (Fsp3) is 0.471. The molecule has 140 valence electrons. The number of hydrogen-bond acceptors (Lipinski definition) is 6. The first kappa shape index (κ1) is 18.1. The first-order valence-electron chi connectivity index (χ1n) is 8.59. The number of rotatable bonds is 6. The van der Waals surface area contributed by atoms with Gasteiger partial charge < -0.3 is 19.5 Å². The van der Waals surface area contributed by atoms with Crippen LogP contribution < -0.4 is 10.1 Å². The van der Waals surface area contributed by atoms with Crippen LogP contribution in [0.1, 0.15) is 18.6 Å². The van der Waals surface area contributed by atoms with Crippen molar-refractivity contribution in [1.82, 2.24) is 25.3 Å². The van der Waals surface area contributed by atoms with Gasteiger partial charge in [0.15, 0.2) is 6.61 Å². The van der Waals surface area contributed by atoms with Crippen LogP contribution in [0.15, 0.2) is 28.8 Å². The highest BCUT2D eigenvalue weighted by Gasteiger charge is 2.22. The van der Waals surface area contributed by atoms with Gasteiger partial charge in [-0.1, -0.05) is 5.16 Å². The average molecular weight is 363 g/mol. The van der Waals surface area contributed by atoms with Crippen molar-refractivity contribution in [3.63, 3.8) is 0 Å². The molecule has 8 nitrogen and oxygen atoms in total. The standard InChI is InChI=1S/C17H22FN5O3/c1-2-19-17(24)23-9-7-22(8-10-23)11-16-20-15(21-26-16)12-25-14-5-3-13(18)4-6-14/h3-6H,2,7-12H2,1H3,(H,19,24). The van der Waals surface area contributed by atoms with E-state index in [0.717, 1.165) is 13.1 Å². The lowest BCUT2D eigenvalue weighted by Gasteiger charge is -2.33. The molecule has 0 aliphatic carbocycles. The molecule has 2 amide bonds. The molecular weight excluding hydrogens is 341 g/mol. The Hall–Kier alpha value is -2.68. The maximum atomic E-state index is 12.9. The summed E-state index contributed by atoms with van der Waals surface area (Å²) in [5.74, 6) is 1.17. The summed E-state index contributed by atoms with van der Waals surface area (Å²) >= 11 is 0. The Morgan fingerprint density at radius 3 is 2.69 bits per heavy atom. The quantitative estimate of drug-likeness (QED) is 0.840. The van der Waals surface area contributed by atoms with Crippen LogP contribution >= 0.6 is 0 Å². The smallest absolute Gasteiger partial charge is 0.317 e. The molecule has 1 aliphatic rings. The van der Waals surface area contributed by atoms with E-state index in [-0.39, 0.29) is 18.5 Å². The summed E-state index contributed by atoms with van der Waals surface area (Å²) in [4.78, 5) is 20.1. The summed E-state index contributed by atoms with van der Waals surface area (Å²) in [5, 5.41) is 6.70. The van der Waals surface area contributed by atoms with Gasteiger partial charge in [-0.2, -0.15) is 4.98 Å². The van der Waals surface area contributed by atoms with Crippen molar-refractivity contribution in [3.05, 3.63) is 41.8 Å². The molecule has 26 heavy (non-hydrogen) atoms. The summed E-state index contributed by atoms with van der Waals surface area (Å²) in [5.41, 5.74) is 0. The minimum absolute atomic E-state index is 0.0230. The van der Waals surface area contributed by atoms with Gasteiger partial charge in [0.2, 0.25) is 11.7 Å². The minimum Gasteiger partial charge on any atom is -0.485 e. The van der Waals surface area contributed by atoms with E-state index in [1.54, 1.807) is 17.0 Å². The number of halogens is 1. The lowest BCUT2D eigenvalue weighted by molar-refractivity contribution is 0.127. The second-order valence-electron chi connectivity index (χ2n) is 5.95. The Morgan fingerprint density at radius 2 is 2.00 bits per heavy atom. The number of ether oxygens (including phenoxy) is 1. The van der Waals surface area contributed by atoms with E-state index in [4.69, 9.17) is 9.26 Å². The van der Waals surface area contributed by atoms with Gasteiger partial charge in [-0.05, 0) is 31.2 Å². The molecular formula is C17H22FN5O3. The molecule has 0 saturated carbocycles. The lowest BCUT2D eigenvalue weighted by atomic mass is 10.3. The maximum absolute atomic E-state index is 12.9. The molecule has 1 fully saturated rings. The van der Waals surface area contributed by atoms with Gasteiger partial charge in [-0.25, -0.2) is 9.18 Å². The number of nitrogens with one attached hydrogen (secondary N) is 1. The molecule has 1 aliphatic heterocycles. The molecule has 0 unspecified atom stereocenters. The van der Waals surface area contributed by atoms with E-state index in [1.807, 2.05) is 6.92 Å². The fourth-order valence-corrected chi connectivity index (χ4v) is 2.66. The monoisotopic (exact) mass is 363 g/mol. The highest BCUT2D eigenvalue weighted by Crippen LogP contribution is 2.13. The highest BCUT2D eigenvalue weighted by molar-refractivity contribution is 5.74. The molecule has 2 heterocycles. The average Bonchev–Trinajstić information content (AvgIpc) is 3.09. The molecule has 0 bridgehead atoms. The summed E-state index contributed by atoms with van der Waals surface area (Å²) in [6.45, 7) is 6.06. The fourth-order valence-electron chi connectivity index (χ4n) is 2.66. The molecule has 3 rings (SSSR count). The second kappa shape index (κ2) is 8.61. The maximum Gasteiger partial charge on any atom is 0.317 e. The second-order valence-corrected chi connectivity index (χ2v) is 5.95. The molecule has 1 saturated heterocycles. The van der Waals surface area contributed by atoms with E-state index < -0.39 is 0 Å². The number of piperazine rings is 1. The third kappa shape index (κ3) is 4.92. The summed E-state index contributed by atoms with van der Waals surface area (Å²) in [7, 11) is 0. The van der Waals surface area contributed by atoms with Crippen molar-refractivity contribution in [2.24, 2.45) is 0 Å². The van der Waals surface area contributed by atoms with Crippen LogP contribution in [0.5, 0.6) is 5.75 Å². The van der Waals surface area contributed by atoms with Gasteiger partial charge >= 0.3 is 6.03 Å². The number of urea groups is 1. The Morgan fingerprint density at radius 1 is 1.27 bits per heavy atom. The molecule has 0 atom stereocenters. The lowest BCUT2D eigenvalue weighted by Crippen LogP contribution is -2.51. The number of aromatic nitrogens is 2. The van der Waals surface area contributed by atoms with Crippen molar-refractivity contribution in [2.45, 2.75) is 20.1 Å². The van der Waals surface area contributed by atoms with Gasteiger partial charge in [0.05, 0.1) is 6.54 Å². The molecule has 1 N–H and O–H groups in total. The summed E-state index contributed by atoms with van der Waals surface area (Å²) in [6, 6.07) is 5.73.